The highest BCUT2D eigenvalue weighted by Gasteiger charge is 2.56. The fourth-order valence-corrected chi connectivity index (χ4v) is 4.51. The van der Waals surface area contributed by atoms with E-state index in [1.165, 1.54) is 37.9 Å². The predicted molar refractivity (Wildman–Crippen MR) is 87.7 cm³/mol. The van der Waals surface area contributed by atoms with Crippen LogP contribution in [-0.2, 0) is 13.1 Å². The molecule has 1 atom stereocenters. The molecule has 4 rings (SSSR count). The summed E-state index contributed by atoms with van der Waals surface area (Å²) in [6, 6.07) is 2.91. The Labute approximate surface area is 135 Å². The topological polar surface area (TPSA) is 41.3 Å². The molecule has 4 nitrogen and oxygen atoms in total. The molecule has 118 valence electrons. The van der Waals surface area contributed by atoms with E-state index in [0.29, 0.717) is 11.5 Å². The SMILES string of the molecule is Cc1cnc(CN(Cc2ccsc2)[C@@H]2CC23CCNCC3)o1. The summed E-state index contributed by atoms with van der Waals surface area (Å²) in [4.78, 5) is 6.99. The van der Waals surface area contributed by atoms with Crippen molar-refractivity contribution >= 4 is 11.3 Å². The Morgan fingerprint density at radius 2 is 2.27 bits per heavy atom. The summed E-state index contributed by atoms with van der Waals surface area (Å²) >= 11 is 1.78. The third-order valence-corrected chi connectivity index (χ3v) is 5.89. The van der Waals surface area contributed by atoms with Crippen LogP contribution in [0.15, 0.2) is 27.4 Å². The number of aryl methyl sites for hydroxylation is 1. The Kier molecular flexibility index (Phi) is 3.80. The molecule has 0 bridgehead atoms. The zero-order chi connectivity index (χ0) is 15.0. The summed E-state index contributed by atoms with van der Waals surface area (Å²) in [5, 5.41) is 7.91. The van der Waals surface area contributed by atoms with E-state index >= 15 is 0 Å². The van der Waals surface area contributed by atoms with Gasteiger partial charge >= 0.3 is 0 Å². The van der Waals surface area contributed by atoms with Crippen molar-refractivity contribution in [1.29, 1.82) is 0 Å². The lowest BCUT2D eigenvalue weighted by molar-refractivity contribution is 0.173. The molecule has 5 heteroatoms. The minimum atomic E-state index is 0.545. The summed E-state index contributed by atoms with van der Waals surface area (Å²) in [5.41, 5.74) is 1.95. The lowest BCUT2D eigenvalue weighted by Gasteiger charge is -2.28. The van der Waals surface area contributed by atoms with Gasteiger partial charge in [0.25, 0.3) is 0 Å². The van der Waals surface area contributed by atoms with Gasteiger partial charge in [-0.25, -0.2) is 4.98 Å². The molecule has 2 aromatic heterocycles. The van der Waals surface area contributed by atoms with Crippen molar-refractivity contribution < 1.29 is 4.42 Å². The van der Waals surface area contributed by atoms with Gasteiger partial charge in [0.2, 0.25) is 5.89 Å². The van der Waals surface area contributed by atoms with Crippen LogP contribution in [0.25, 0.3) is 0 Å². The van der Waals surface area contributed by atoms with Crippen molar-refractivity contribution in [3.05, 3.63) is 40.2 Å². The molecule has 1 aliphatic heterocycles. The average Bonchev–Trinajstić information content (AvgIpc) is 2.90. The monoisotopic (exact) mass is 317 g/mol. The van der Waals surface area contributed by atoms with Gasteiger partial charge in [0, 0.05) is 12.6 Å². The number of nitrogens with one attached hydrogen (secondary N) is 1. The Balaban J connectivity index is 1.50. The normalized spacial score (nSPS) is 23.3. The van der Waals surface area contributed by atoms with Crippen LogP contribution < -0.4 is 5.32 Å². The fourth-order valence-electron chi connectivity index (χ4n) is 3.85. The molecule has 1 spiro atoms. The van der Waals surface area contributed by atoms with Crippen molar-refractivity contribution in [1.82, 2.24) is 15.2 Å². The molecule has 2 fully saturated rings. The average molecular weight is 317 g/mol. The Bertz CT molecular complexity index is 616. The number of aromatic nitrogens is 1. The minimum absolute atomic E-state index is 0.545. The molecule has 2 aromatic rings. The van der Waals surface area contributed by atoms with Crippen LogP contribution in [0.2, 0.25) is 0 Å². The molecule has 3 heterocycles. The van der Waals surface area contributed by atoms with Crippen LogP contribution in [-0.4, -0.2) is 29.0 Å². The maximum Gasteiger partial charge on any atom is 0.208 e. The van der Waals surface area contributed by atoms with E-state index in [4.69, 9.17) is 4.42 Å². The quantitative estimate of drug-likeness (QED) is 0.919. The van der Waals surface area contributed by atoms with Crippen molar-refractivity contribution in [3.63, 3.8) is 0 Å². The first-order valence-electron chi connectivity index (χ1n) is 8.12. The van der Waals surface area contributed by atoms with Gasteiger partial charge in [0.1, 0.15) is 5.76 Å². The van der Waals surface area contributed by atoms with Crippen molar-refractivity contribution in [2.45, 2.75) is 45.3 Å². The molecule has 1 N–H and O–H groups in total. The molecule has 0 amide bonds. The van der Waals surface area contributed by atoms with Crippen LogP contribution in [0.1, 0.15) is 36.5 Å². The lowest BCUT2D eigenvalue weighted by Crippen LogP contribution is -2.35. The van der Waals surface area contributed by atoms with Gasteiger partial charge in [0.05, 0.1) is 12.7 Å². The number of nitrogens with zero attached hydrogens (tertiary/aromatic N) is 2. The van der Waals surface area contributed by atoms with E-state index in [-0.39, 0.29) is 0 Å². The largest absolute Gasteiger partial charge is 0.445 e. The summed E-state index contributed by atoms with van der Waals surface area (Å²) in [7, 11) is 0. The first-order valence-corrected chi connectivity index (χ1v) is 9.07. The summed E-state index contributed by atoms with van der Waals surface area (Å²) < 4.78 is 5.72. The summed E-state index contributed by atoms with van der Waals surface area (Å²) in [6.07, 6.45) is 5.77. The molecular weight excluding hydrogens is 294 g/mol. The molecular formula is C17H23N3OS. The summed E-state index contributed by atoms with van der Waals surface area (Å²) in [6.45, 7) is 6.13. The van der Waals surface area contributed by atoms with E-state index in [0.717, 1.165) is 24.7 Å². The van der Waals surface area contributed by atoms with Gasteiger partial charge in [0.15, 0.2) is 0 Å². The van der Waals surface area contributed by atoms with E-state index < -0.39 is 0 Å². The van der Waals surface area contributed by atoms with Crippen molar-refractivity contribution in [2.24, 2.45) is 5.41 Å². The number of oxazole rings is 1. The van der Waals surface area contributed by atoms with E-state index in [2.05, 4.69) is 32.0 Å². The number of thiophene rings is 1. The second kappa shape index (κ2) is 5.80. The molecule has 0 aromatic carbocycles. The van der Waals surface area contributed by atoms with Gasteiger partial charge in [-0.2, -0.15) is 11.3 Å². The van der Waals surface area contributed by atoms with E-state index in [1.54, 1.807) is 11.3 Å². The maximum absolute atomic E-state index is 5.72. The zero-order valence-corrected chi connectivity index (χ0v) is 13.9. The van der Waals surface area contributed by atoms with Gasteiger partial charge < -0.3 is 9.73 Å². The number of hydrogen-bond acceptors (Lipinski definition) is 5. The number of hydrogen-bond donors (Lipinski definition) is 1. The van der Waals surface area contributed by atoms with Crippen molar-refractivity contribution in [3.8, 4) is 0 Å². The van der Waals surface area contributed by atoms with Crippen LogP contribution in [0.5, 0.6) is 0 Å². The second-order valence-corrected chi connectivity index (χ2v) is 7.51. The maximum atomic E-state index is 5.72. The molecule has 0 radical (unpaired) electrons. The Morgan fingerprint density at radius 3 is 2.95 bits per heavy atom. The molecule has 22 heavy (non-hydrogen) atoms. The predicted octanol–water partition coefficient (Wildman–Crippen LogP) is 3.19. The second-order valence-electron chi connectivity index (χ2n) is 6.73. The van der Waals surface area contributed by atoms with Gasteiger partial charge in [-0.15, -0.1) is 0 Å². The molecule has 2 aliphatic rings. The zero-order valence-electron chi connectivity index (χ0n) is 13.0. The minimum Gasteiger partial charge on any atom is -0.445 e. The highest BCUT2D eigenvalue weighted by molar-refractivity contribution is 7.07. The molecule has 1 saturated carbocycles. The molecule has 1 saturated heterocycles. The highest BCUT2D eigenvalue weighted by Crippen LogP contribution is 2.56. The molecule has 1 aliphatic carbocycles. The summed E-state index contributed by atoms with van der Waals surface area (Å²) in [5.74, 6) is 1.75. The van der Waals surface area contributed by atoms with Crippen LogP contribution in [0.3, 0.4) is 0 Å². The third kappa shape index (κ3) is 2.85. The standard InChI is InChI=1S/C17H23N3OS/c1-13-9-19-16(21-13)11-20(10-14-2-7-22-12-14)15-8-17(15)3-5-18-6-4-17/h2,7,9,12,15,18H,3-6,8,10-11H2,1H3/t15-/m1/s1. The first-order chi connectivity index (χ1) is 10.8. The van der Waals surface area contributed by atoms with E-state index in [1.807, 2.05) is 13.1 Å². The molecule has 0 unspecified atom stereocenters. The van der Waals surface area contributed by atoms with Crippen LogP contribution in [0.4, 0.5) is 0 Å². The smallest absolute Gasteiger partial charge is 0.208 e. The fraction of sp³-hybridized carbons (Fsp3) is 0.588. The Morgan fingerprint density at radius 1 is 1.41 bits per heavy atom. The van der Waals surface area contributed by atoms with E-state index in [9.17, 15) is 0 Å². The highest BCUT2D eigenvalue weighted by atomic mass is 32.1. The number of piperidine rings is 1. The van der Waals surface area contributed by atoms with Crippen LogP contribution in [0, 0.1) is 12.3 Å². The van der Waals surface area contributed by atoms with Gasteiger partial charge in [-0.05, 0) is 67.1 Å². The van der Waals surface area contributed by atoms with Gasteiger partial charge in [-0.3, -0.25) is 4.90 Å². The first kappa shape index (κ1) is 14.4. The number of rotatable bonds is 5. The third-order valence-electron chi connectivity index (χ3n) is 5.16. The van der Waals surface area contributed by atoms with Crippen molar-refractivity contribution in [2.75, 3.05) is 13.1 Å². The Hall–Kier alpha value is -1.17. The van der Waals surface area contributed by atoms with Gasteiger partial charge in [-0.1, -0.05) is 0 Å². The lowest BCUT2D eigenvalue weighted by atomic mass is 9.93. The van der Waals surface area contributed by atoms with Crippen LogP contribution >= 0.6 is 11.3 Å².